The normalized spacial score (nSPS) is 11.7. The van der Waals surface area contributed by atoms with Gasteiger partial charge in [0.15, 0.2) is 0 Å². The maximum atomic E-state index is 12.0. The van der Waals surface area contributed by atoms with Crippen molar-refractivity contribution in [1.29, 1.82) is 0 Å². The highest BCUT2D eigenvalue weighted by molar-refractivity contribution is 7.24. The van der Waals surface area contributed by atoms with Crippen molar-refractivity contribution in [3.8, 4) is 20.2 Å². The summed E-state index contributed by atoms with van der Waals surface area (Å²) in [4.78, 5) is 28.1. The minimum atomic E-state index is -0.344. The molecule has 0 N–H and O–H groups in total. The van der Waals surface area contributed by atoms with Crippen LogP contribution < -0.4 is 0 Å². The zero-order chi connectivity index (χ0) is 20.3. The molecular formula is C22H20O4S2. The highest BCUT2D eigenvalue weighted by Crippen LogP contribution is 2.40. The van der Waals surface area contributed by atoms with Crippen LogP contribution in [0.3, 0.4) is 0 Å². The third-order valence-corrected chi connectivity index (χ3v) is 7.00. The minimum Gasteiger partial charge on any atom is -0.466 e. The van der Waals surface area contributed by atoms with E-state index >= 15 is 0 Å². The summed E-state index contributed by atoms with van der Waals surface area (Å²) in [5.41, 5.74) is 2.93. The molecule has 1 aromatic carbocycles. The second-order valence-electron chi connectivity index (χ2n) is 6.11. The number of esters is 2. The summed E-state index contributed by atoms with van der Waals surface area (Å²) in [5, 5.41) is 0. The topological polar surface area (TPSA) is 52.6 Å². The van der Waals surface area contributed by atoms with Crippen LogP contribution in [0.1, 0.15) is 29.1 Å². The third-order valence-electron chi connectivity index (χ3n) is 4.48. The van der Waals surface area contributed by atoms with Crippen LogP contribution in [-0.4, -0.2) is 26.2 Å². The van der Waals surface area contributed by atoms with E-state index in [-0.39, 0.29) is 11.9 Å². The van der Waals surface area contributed by atoms with E-state index < -0.39 is 0 Å². The van der Waals surface area contributed by atoms with Gasteiger partial charge in [-0.25, -0.2) is 9.59 Å². The van der Waals surface area contributed by atoms with Gasteiger partial charge >= 0.3 is 11.9 Å². The Labute approximate surface area is 172 Å². The second kappa shape index (κ2) is 8.54. The maximum Gasteiger partial charge on any atom is 0.338 e. The Kier molecular flexibility index (Phi) is 6.11. The smallest absolute Gasteiger partial charge is 0.338 e. The molecule has 0 aliphatic heterocycles. The van der Waals surface area contributed by atoms with Gasteiger partial charge in [0, 0.05) is 30.6 Å². The minimum absolute atomic E-state index is 0.315. The summed E-state index contributed by atoms with van der Waals surface area (Å²) in [6, 6.07) is 15.6. The van der Waals surface area contributed by atoms with Gasteiger partial charge in [0.05, 0.1) is 19.8 Å². The molecule has 3 aromatic rings. The molecule has 144 valence electrons. The van der Waals surface area contributed by atoms with Gasteiger partial charge < -0.3 is 9.47 Å². The van der Waals surface area contributed by atoms with E-state index in [0.717, 1.165) is 30.6 Å². The quantitative estimate of drug-likeness (QED) is 0.387. The van der Waals surface area contributed by atoms with Crippen LogP contribution in [0.4, 0.5) is 0 Å². The van der Waals surface area contributed by atoms with E-state index in [2.05, 4.69) is 12.1 Å². The van der Waals surface area contributed by atoms with Crippen molar-refractivity contribution < 1.29 is 19.1 Å². The van der Waals surface area contributed by atoms with Crippen molar-refractivity contribution >= 4 is 40.2 Å². The standard InChI is InChI=1S/C22H20O4S2/c1-13(14(2)21(23)25-3)17-9-11-19(27-17)20-12-10-18(28-20)15-7-5-6-8-16(15)22(24)26-4/h5-12H,1-4H3. The van der Waals surface area contributed by atoms with Gasteiger partial charge in [-0.2, -0.15) is 0 Å². The first-order valence-corrected chi connectivity index (χ1v) is 10.2. The molecule has 0 spiro atoms. The number of carbonyl (C=O) groups is 2. The van der Waals surface area contributed by atoms with E-state index in [1.54, 1.807) is 35.7 Å². The van der Waals surface area contributed by atoms with E-state index in [4.69, 9.17) is 9.47 Å². The molecule has 0 fully saturated rings. The molecule has 0 atom stereocenters. The SMILES string of the molecule is COC(=O)C(C)=C(C)c1ccc(-c2ccc(-c3ccccc3C(=O)OC)s2)s1. The lowest BCUT2D eigenvalue weighted by Crippen LogP contribution is -2.02. The molecule has 4 nitrogen and oxygen atoms in total. The fourth-order valence-corrected chi connectivity index (χ4v) is 4.96. The molecule has 0 aliphatic rings. The predicted molar refractivity (Wildman–Crippen MR) is 115 cm³/mol. The van der Waals surface area contributed by atoms with Crippen LogP contribution in [0.5, 0.6) is 0 Å². The molecule has 0 bridgehead atoms. The van der Waals surface area contributed by atoms with Gasteiger partial charge in [0.1, 0.15) is 0 Å². The highest BCUT2D eigenvalue weighted by atomic mass is 32.1. The van der Waals surface area contributed by atoms with Gasteiger partial charge in [-0.1, -0.05) is 18.2 Å². The van der Waals surface area contributed by atoms with Crippen molar-refractivity contribution in [3.63, 3.8) is 0 Å². The lowest BCUT2D eigenvalue weighted by Gasteiger charge is -2.05. The number of hydrogen-bond donors (Lipinski definition) is 0. The lowest BCUT2D eigenvalue weighted by molar-refractivity contribution is -0.135. The highest BCUT2D eigenvalue weighted by Gasteiger charge is 2.16. The van der Waals surface area contributed by atoms with E-state index in [0.29, 0.717) is 11.1 Å². The summed E-state index contributed by atoms with van der Waals surface area (Å²) in [6.45, 7) is 3.70. The van der Waals surface area contributed by atoms with Crippen molar-refractivity contribution in [2.45, 2.75) is 13.8 Å². The Hall–Kier alpha value is -2.70. The average Bonchev–Trinajstić information content (AvgIpc) is 3.41. The molecule has 0 aliphatic carbocycles. The van der Waals surface area contributed by atoms with Crippen molar-refractivity contribution in [2.75, 3.05) is 14.2 Å². The number of thiophene rings is 2. The molecule has 2 heterocycles. The number of hydrogen-bond acceptors (Lipinski definition) is 6. The van der Waals surface area contributed by atoms with Crippen molar-refractivity contribution in [2.24, 2.45) is 0 Å². The molecule has 6 heteroatoms. The van der Waals surface area contributed by atoms with Crippen LogP contribution in [0.15, 0.2) is 54.1 Å². The predicted octanol–water partition coefficient (Wildman–Crippen LogP) is 5.90. The van der Waals surface area contributed by atoms with Crippen LogP contribution >= 0.6 is 22.7 Å². The molecule has 0 radical (unpaired) electrons. The van der Waals surface area contributed by atoms with Crippen LogP contribution in [-0.2, 0) is 14.3 Å². The molecule has 2 aromatic heterocycles. The first-order chi connectivity index (χ1) is 13.5. The number of rotatable bonds is 5. The summed E-state index contributed by atoms with van der Waals surface area (Å²) in [7, 11) is 2.77. The van der Waals surface area contributed by atoms with E-state index in [9.17, 15) is 9.59 Å². The lowest BCUT2D eigenvalue weighted by atomic mass is 10.1. The summed E-state index contributed by atoms with van der Waals surface area (Å²) < 4.78 is 9.71. The summed E-state index contributed by atoms with van der Waals surface area (Å²) >= 11 is 3.25. The second-order valence-corrected chi connectivity index (χ2v) is 8.27. The molecule has 0 amide bonds. The fraction of sp³-hybridized carbons (Fsp3) is 0.182. The fourth-order valence-electron chi connectivity index (χ4n) is 2.76. The number of allylic oxidation sites excluding steroid dienone is 1. The largest absolute Gasteiger partial charge is 0.466 e. The van der Waals surface area contributed by atoms with Crippen molar-refractivity contribution in [3.05, 3.63) is 64.5 Å². The monoisotopic (exact) mass is 412 g/mol. The molecular weight excluding hydrogens is 392 g/mol. The number of methoxy groups -OCH3 is 2. The Bertz CT molecular complexity index is 1060. The molecule has 0 saturated heterocycles. The Morgan fingerprint density at radius 3 is 2.14 bits per heavy atom. The number of ether oxygens (including phenoxy) is 2. The van der Waals surface area contributed by atoms with E-state index in [1.165, 1.54) is 14.2 Å². The zero-order valence-electron chi connectivity index (χ0n) is 16.1. The zero-order valence-corrected chi connectivity index (χ0v) is 17.7. The third kappa shape index (κ3) is 3.93. The average molecular weight is 413 g/mol. The van der Waals surface area contributed by atoms with Crippen molar-refractivity contribution in [1.82, 2.24) is 0 Å². The molecule has 28 heavy (non-hydrogen) atoms. The maximum absolute atomic E-state index is 12.0. The molecule has 0 unspecified atom stereocenters. The molecule has 0 saturated carbocycles. The van der Waals surface area contributed by atoms with Crippen LogP contribution in [0.25, 0.3) is 25.8 Å². The van der Waals surface area contributed by atoms with Gasteiger partial charge in [-0.3, -0.25) is 0 Å². The Morgan fingerprint density at radius 2 is 1.43 bits per heavy atom. The van der Waals surface area contributed by atoms with Gasteiger partial charge in [0.25, 0.3) is 0 Å². The number of benzene rings is 1. The summed E-state index contributed by atoms with van der Waals surface area (Å²) in [6.07, 6.45) is 0. The summed E-state index contributed by atoms with van der Waals surface area (Å²) in [5.74, 6) is -0.659. The van der Waals surface area contributed by atoms with E-state index in [1.807, 2.05) is 37.3 Å². The first kappa shape index (κ1) is 20.0. The number of carbonyl (C=O) groups excluding carboxylic acids is 2. The van der Waals surface area contributed by atoms with Crippen LogP contribution in [0, 0.1) is 0 Å². The Morgan fingerprint density at radius 1 is 0.786 bits per heavy atom. The van der Waals surface area contributed by atoms with Gasteiger partial charge in [0.2, 0.25) is 0 Å². The van der Waals surface area contributed by atoms with Gasteiger partial charge in [-0.05, 0) is 49.8 Å². The molecule has 3 rings (SSSR count). The first-order valence-electron chi connectivity index (χ1n) is 8.60. The van der Waals surface area contributed by atoms with Crippen LogP contribution in [0.2, 0.25) is 0 Å². The Balaban J connectivity index is 1.94. The van der Waals surface area contributed by atoms with Gasteiger partial charge in [-0.15, -0.1) is 22.7 Å².